The number of halogens is 1. The van der Waals surface area contributed by atoms with E-state index in [1.54, 1.807) is 0 Å². The summed E-state index contributed by atoms with van der Waals surface area (Å²) in [5, 5.41) is 9.97. The van der Waals surface area contributed by atoms with Gasteiger partial charge in [-0.2, -0.15) is 0 Å². The lowest BCUT2D eigenvalue weighted by Gasteiger charge is -1.91. The Balaban J connectivity index is 2.83. The minimum Gasteiger partial charge on any atom is -0.259 e. The maximum absolute atomic E-state index is 9.97. The van der Waals surface area contributed by atoms with Crippen LogP contribution in [0.25, 0.3) is 6.08 Å². The van der Waals surface area contributed by atoms with E-state index >= 15 is 0 Å². The van der Waals surface area contributed by atoms with Crippen LogP contribution in [-0.4, -0.2) is 4.92 Å². The van der Waals surface area contributed by atoms with Crippen LogP contribution in [0.1, 0.15) is 5.56 Å². The van der Waals surface area contributed by atoms with E-state index in [-0.39, 0.29) is 0 Å². The lowest BCUT2D eigenvalue weighted by molar-refractivity contribution is -0.400. The molecule has 1 aromatic carbocycles. The Bertz CT molecular complexity index is 323. The summed E-state index contributed by atoms with van der Waals surface area (Å²) >= 11 is 2.16. The van der Waals surface area contributed by atoms with Crippen molar-refractivity contribution in [3.63, 3.8) is 0 Å². The molecule has 0 amide bonds. The van der Waals surface area contributed by atoms with Crippen LogP contribution in [0.15, 0.2) is 30.5 Å². The number of hydrogen-bond acceptors (Lipinski definition) is 2. The van der Waals surface area contributed by atoms with E-state index in [0.29, 0.717) is 0 Å². The number of hydrogen-bond donors (Lipinski definition) is 0. The van der Waals surface area contributed by atoms with Crippen molar-refractivity contribution in [3.8, 4) is 0 Å². The Labute approximate surface area is 83.4 Å². The lowest BCUT2D eigenvalue weighted by Crippen LogP contribution is -1.82. The molecule has 0 bridgehead atoms. The van der Waals surface area contributed by atoms with Crippen LogP contribution in [0, 0.1) is 13.7 Å². The standard InChI is InChI=1S/C8H6INO2/c9-8-3-1-2-7(6-8)4-5-10(11)12/h1-6H/b5-4+. The lowest BCUT2D eigenvalue weighted by atomic mass is 10.2. The maximum atomic E-state index is 9.97. The second kappa shape index (κ2) is 4.20. The largest absolute Gasteiger partial charge is 0.259 e. The van der Waals surface area contributed by atoms with E-state index in [9.17, 15) is 10.1 Å². The van der Waals surface area contributed by atoms with Crippen LogP contribution < -0.4 is 0 Å². The Hall–Kier alpha value is -0.910. The van der Waals surface area contributed by atoms with Crippen LogP contribution in [0.3, 0.4) is 0 Å². The highest BCUT2D eigenvalue weighted by molar-refractivity contribution is 14.1. The zero-order valence-corrected chi connectivity index (χ0v) is 8.26. The predicted molar refractivity (Wildman–Crippen MR) is 55.2 cm³/mol. The molecule has 0 N–H and O–H groups in total. The first-order chi connectivity index (χ1) is 5.68. The summed E-state index contributed by atoms with van der Waals surface area (Å²) in [5.74, 6) is 0. The monoisotopic (exact) mass is 275 g/mol. The summed E-state index contributed by atoms with van der Waals surface area (Å²) in [6, 6.07) is 7.49. The van der Waals surface area contributed by atoms with Crippen molar-refractivity contribution in [1.29, 1.82) is 0 Å². The molecule has 1 aromatic rings. The van der Waals surface area contributed by atoms with E-state index in [2.05, 4.69) is 22.6 Å². The summed E-state index contributed by atoms with van der Waals surface area (Å²) in [5.41, 5.74) is 0.846. The van der Waals surface area contributed by atoms with Crippen LogP contribution >= 0.6 is 22.6 Å². The second-order valence-electron chi connectivity index (χ2n) is 2.16. The Morgan fingerprint density at radius 1 is 1.50 bits per heavy atom. The topological polar surface area (TPSA) is 43.1 Å². The third-order valence-electron chi connectivity index (χ3n) is 1.24. The van der Waals surface area contributed by atoms with Crippen molar-refractivity contribution in [2.45, 2.75) is 0 Å². The van der Waals surface area contributed by atoms with Gasteiger partial charge in [0.25, 0.3) is 0 Å². The van der Waals surface area contributed by atoms with Gasteiger partial charge in [0.2, 0.25) is 6.20 Å². The van der Waals surface area contributed by atoms with Gasteiger partial charge in [0.05, 0.1) is 4.92 Å². The molecule has 0 fully saturated rings. The van der Waals surface area contributed by atoms with Crippen molar-refractivity contribution in [2.24, 2.45) is 0 Å². The molecule has 0 aliphatic heterocycles. The highest BCUT2D eigenvalue weighted by atomic mass is 127. The number of benzene rings is 1. The predicted octanol–water partition coefficient (Wildman–Crippen LogP) is 2.54. The average Bonchev–Trinajstić information content (AvgIpc) is 2.01. The molecule has 0 spiro atoms. The quantitative estimate of drug-likeness (QED) is 0.473. The average molecular weight is 275 g/mol. The van der Waals surface area contributed by atoms with Crippen LogP contribution in [-0.2, 0) is 0 Å². The molecule has 0 aliphatic rings. The summed E-state index contributed by atoms with van der Waals surface area (Å²) in [7, 11) is 0. The van der Waals surface area contributed by atoms with Crippen molar-refractivity contribution < 1.29 is 4.92 Å². The fourth-order valence-electron chi connectivity index (χ4n) is 0.757. The third kappa shape index (κ3) is 3.00. The summed E-state index contributed by atoms with van der Waals surface area (Å²) < 4.78 is 1.07. The van der Waals surface area contributed by atoms with Gasteiger partial charge in [-0.05, 0) is 40.3 Å². The first kappa shape index (κ1) is 9.18. The molecule has 1 rings (SSSR count). The van der Waals surface area contributed by atoms with Gasteiger partial charge in [0, 0.05) is 9.65 Å². The SMILES string of the molecule is O=[N+]([O-])/C=C/c1cccc(I)c1. The molecule has 0 saturated carbocycles. The smallest absolute Gasteiger partial charge is 0.235 e. The highest BCUT2D eigenvalue weighted by Crippen LogP contribution is 2.08. The maximum Gasteiger partial charge on any atom is 0.235 e. The van der Waals surface area contributed by atoms with E-state index < -0.39 is 4.92 Å². The molecule has 3 nitrogen and oxygen atoms in total. The fraction of sp³-hybridized carbons (Fsp3) is 0. The van der Waals surface area contributed by atoms with Crippen LogP contribution in [0.4, 0.5) is 0 Å². The van der Waals surface area contributed by atoms with Crippen LogP contribution in [0.5, 0.6) is 0 Å². The molecule has 0 atom stereocenters. The van der Waals surface area contributed by atoms with Gasteiger partial charge in [-0.3, -0.25) is 10.1 Å². The minimum atomic E-state index is -0.472. The second-order valence-corrected chi connectivity index (χ2v) is 3.40. The third-order valence-corrected chi connectivity index (χ3v) is 1.91. The Morgan fingerprint density at radius 2 is 2.25 bits per heavy atom. The van der Waals surface area contributed by atoms with E-state index in [1.165, 1.54) is 6.08 Å². The molecule has 0 unspecified atom stereocenters. The molecule has 0 aromatic heterocycles. The van der Waals surface area contributed by atoms with Gasteiger partial charge >= 0.3 is 0 Å². The minimum absolute atomic E-state index is 0.472. The molecule has 0 heterocycles. The molecule has 0 radical (unpaired) electrons. The molecule has 0 aliphatic carbocycles. The number of rotatable bonds is 2. The van der Waals surface area contributed by atoms with Gasteiger partial charge < -0.3 is 0 Å². The first-order valence-electron chi connectivity index (χ1n) is 3.26. The zero-order chi connectivity index (χ0) is 8.97. The summed E-state index contributed by atoms with van der Waals surface area (Å²) in [4.78, 5) is 9.50. The molecule has 12 heavy (non-hydrogen) atoms. The summed E-state index contributed by atoms with van der Waals surface area (Å²) in [6.07, 6.45) is 2.41. The molecular weight excluding hydrogens is 269 g/mol. The zero-order valence-electron chi connectivity index (χ0n) is 6.11. The van der Waals surface area contributed by atoms with Crippen molar-refractivity contribution in [2.75, 3.05) is 0 Å². The summed E-state index contributed by atoms with van der Waals surface area (Å²) in [6.45, 7) is 0. The van der Waals surface area contributed by atoms with Crippen LogP contribution in [0.2, 0.25) is 0 Å². The molecule has 4 heteroatoms. The molecule has 62 valence electrons. The van der Waals surface area contributed by atoms with Crippen molar-refractivity contribution in [1.82, 2.24) is 0 Å². The van der Waals surface area contributed by atoms with Gasteiger partial charge in [-0.1, -0.05) is 12.1 Å². The highest BCUT2D eigenvalue weighted by Gasteiger charge is 1.90. The Kier molecular flexibility index (Phi) is 3.21. The number of nitrogens with zero attached hydrogens (tertiary/aromatic N) is 1. The fourth-order valence-corrected chi connectivity index (χ4v) is 1.32. The van der Waals surface area contributed by atoms with E-state index in [4.69, 9.17) is 0 Å². The normalized spacial score (nSPS) is 10.4. The molecular formula is C8H6INO2. The van der Waals surface area contributed by atoms with Gasteiger partial charge in [0.1, 0.15) is 0 Å². The number of nitro groups is 1. The first-order valence-corrected chi connectivity index (χ1v) is 4.33. The van der Waals surface area contributed by atoms with Gasteiger partial charge in [-0.15, -0.1) is 0 Å². The molecule has 0 saturated heterocycles. The van der Waals surface area contributed by atoms with Crippen molar-refractivity contribution in [3.05, 3.63) is 49.7 Å². The van der Waals surface area contributed by atoms with Gasteiger partial charge in [-0.25, -0.2) is 0 Å². The van der Waals surface area contributed by atoms with Crippen molar-refractivity contribution >= 4 is 28.7 Å². The Morgan fingerprint density at radius 3 is 2.83 bits per heavy atom. The van der Waals surface area contributed by atoms with E-state index in [1.807, 2.05) is 24.3 Å². The van der Waals surface area contributed by atoms with Gasteiger partial charge in [0.15, 0.2) is 0 Å². The van der Waals surface area contributed by atoms with E-state index in [0.717, 1.165) is 15.3 Å².